The van der Waals surface area contributed by atoms with Gasteiger partial charge in [0, 0.05) is 32.0 Å². The third kappa shape index (κ3) is 4.68. The highest BCUT2D eigenvalue weighted by Crippen LogP contribution is 2.43. The summed E-state index contributed by atoms with van der Waals surface area (Å²) in [4.78, 5) is 22.0. The van der Waals surface area contributed by atoms with Gasteiger partial charge in [-0.05, 0) is 42.5 Å². The van der Waals surface area contributed by atoms with Gasteiger partial charge in [-0.3, -0.25) is 9.78 Å². The monoisotopic (exact) mass is 398 g/mol. The van der Waals surface area contributed by atoms with Crippen molar-refractivity contribution in [2.45, 2.75) is 24.9 Å². The van der Waals surface area contributed by atoms with Crippen LogP contribution in [0.4, 0.5) is 24.5 Å². The zero-order valence-electron chi connectivity index (χ0n) is 14.6. The number of hydrogen-bond donors (Lipinski definition) is 0. The van der Waals surface area contributed by atoms with Crippen molar-refractivity contribution in [2.75, 3.05) is 29.9 Å². The van der Waals surface area contributed by atoms with Crippen LogP contribution in [0.1, 0.15) is 30.0 Å². The minimum absolute atomic E-state index is 0.0549. The van der Waals surface area contributed by atoms with E-state index >= 15 is 0 Å². The summed E-state index contributed by atoms with van der Waals surface area (Å²) in [5.41, 5.74) is 1.10. The standard InChI is InChI=1S/C18H18ClF3N4O/c1-25(15-10-23-5-4-14(15)12-2-3-12)6-7-26(11-27)13-8-16(18(20,21)22)24-17(19)9-13/h4-5,8-12H,2-3,6-7H2,1H3. The minimum Gasteiger partial charge on any atom is -0.371 e. The molecule has 3 rings (SSSR count). The lowest BCUT2D eigenvalue weighted by atomic mass is 10.1. The molecule has 0 bridgehead atoms. The maximum atomic E-state index is 12.9. The molecular weight excluding hydrogens is 381 g/mol. The predicted octanol–water partition coefficient (Wildman–Crippen LogP) is 4.13. The van der Waals surface area contributed by atoms with Crippen LogP contribution in [0.3, 0.4) is 0 Å². The van der Waals surface area contributed by atoms with Crippen molar-refractivity contribution in [3.05, 3.63) is 47.0 Å². The Labute approximate surface area is 159 Å². The van der Waals surface area contributed by atoms with Crippen LogP contribution < -0.4 is 9.80 Å². The molecule has 0 aliphatic heterocycles. The number of aromatic nitrogens is 2. The number of hydrogen-bond acceptors (Lipinski definition) is 4. The van der Waals surface area contributed by atoms with Gasteiger partial charge in [-0.15, -0.1) is 0 Å². The van der Waals surface area contributed by atoms with Crippen molar-refractivity contribution >= 4 is 29.4 Å². The van der Waals surface area contributed by atoms with Crippen LogP contribution in [-0.2, 0) is 11.0 Å². The van der Waals surface area contributed by atoms with Gasteiger partial charge in [-0.1, -0.05) is 11.6 Å². The van der Waals surface area contributed by atoms with E-state index in [9.17, 15) is 18.0 Å². The molecule has 0 unspecified atom stereocenters. The summed E-state index contributed by atoms with van der Waals surface area (Å²) in [5.74, 6) is 0.529. The Morgan fingerprint density at radius 2 is 2.04 bits per heavy atom. The molecule has 0 atom stereocenters. The summed E-state index contributed by atoms with van der Waals surface area (Å²) in [7, 11) is 1.87. The lowest BCUT2D eigenvalue weighted by molar-refractivity contribution is -0.141. The maximum absolute atomic E-state index is 12.9. The van der Waals surface area contributed by atoms with E-state index in [1.54, 1.807) is 12.4 Å². The number of halogens is 4. The predicted molar refractivity (Wildman–Crippen MR) is 97.1 cm³/mol. The molecule has 0 radical (unpaired) electrons. The van der Waals surface area contributed by atoms with E-state index in [1.807, 2.05) is 18.0 Å². The van der Waals surface area contributed by atoms with E-state index in [1.165, 1.54) is 16.5 Å². The second-order valence-electron chi connectivity index (χ2n) is 6.46. The SMILES string of the molecule is CN(CCN(C=O)c1cc(Cl)nc(C(F)(F)F)c1)c1cnccc1C1CC1. The molecule has 2 aromatic rings. The zero-order chi connectivity index (χ0) is 19.6. The van der Waals surface area contributed by atoms with Gasteiger partial charge in [-0.2, -0.15) is 13.2 Å². The molecule has 9 heteroatoms. The number of pyridine rings is 2. The van der Waals surface area contributed by atoms with Crippen LogP contribution in [0.2, 0.25) is 5.15 Å². The number of nitrogens with zero attached hydrogens (tertiary/aromatic N) is 4. The minimum atomic E-state index is -4.64. The van der Waals surface area contributed by atoms with E-state index in [2.05, 4.69) is 9.97 Å². The maximum Gasteiger partial charge on any atom is 0.433 e. The van der Waals surface area contributed by atoms with Crippen molar-refractivity contribution < 1.29 is 18.0 Å². The molecule has 0 aromatic carbocycles. The van der Waals surface area contributed by atoms with Crippen LogP contribution >= 0.6 is 11.6 Å². The Kier molecular flexibility index (Phi) is 5.55. The fourth-order valence-electron chi connectivity index (χ4n) is 2.87. The lowest BCUT2D eigenvalue weighted by Gasteiger charge is -2.26. The molecule has 27 heavy (non-hydrogen) atoms. The Balaban J connectivity index is 1.75. The lowest BCUT2D eigenvalue weighted by Crippen LogP contribution is -2.33. The summed E-state index contributed by atoms with van der Waals surface area (Å²) in [6.45, 7) is 0.613. The van der Waals surface area contributed by atoms with Crippen molar-refractivity contribution in [1.82, 2.24) is 9.97 Å². The molecule has 1 aliphatic carbocycles. The third-order valence-electron chi connectivity index (χ3n) is 4.47. The van der Waals surface area contributed by atoms with E-state index in [0.29, 0.717) is 18.9 Å². The van der Waals surface area contributed by atoms with Gasteiger partial charge in [0.05, 0.1) is 11.9 Å². The van der Waals surface area contributed by atoms with E-state index in [0.717, 1.165) is 24.6 Å². The fraction of sp³-hybridized carbons (Fsp3) is 0.389. The molecule has 0 saturated heterocycles. The van der Waals surface area contributed by atoms with Crippen molar-refractivity contribution in [2.24, 2.45) is 0 Å². The number of amides is 1. The number of carbonyl (C=O) groups excluding carboxylic acids is 1. The zero-order valence-corrected chi connectivity index (χ0v) is 15.3. The van der Waals surface area contributed by atoms with Crippen LogP contribution in [0.5, 0.6) is 0 Å². The first-order chi connectivity index (χ1) is 12.8. The van der Waals surface area contributed by atoms with Crippen molar-refractivity contribution in [1.29, 1.82) is 0 Å². The molecule has 2 aromatic heterocycles. The molecular formula is C18H18ClF3N4O. The summed E-state index contributed by atoms with van der Waals surface area (Å²) >= 11 is 5.71. The Hall–Kier alpha value is -2.35. The summed E-state index contributed by atoms with van der Waals surface area (Å²) in [6.07, 6.45) is 1.65. The molecule has 0 N–H and O–H groups in total. The van der Waals surface area contributed by atoms with Gasteiger partial charge in [0.2, 0.25) is 6.41 Å². The molecule has 1 amide bonds. The van der Waals surface area contributed by atoms with Crippen molar-refractivity contribution in [3.8, 4) is 0 Å². The van der Waals surface area contributed by atoms with E-state index in [-0.39, 0.29) is 17.4 Å². The number of carbonyl (C=O) groups is 1. The van der Waals surface area contributed by atoms with Crippen LogP contribution in [0.25, 0.3) is 0 Å². The summed E-state index contributed by atoms with van der Waals surface area (Å²) in [6, 6.07) is 4.05. The summed E-state index contributed by atoms with van der Waals surface area (Å²) < 4.78 is 38.8. The molecule has 2 heterocycles. The molecule has 144 valence electrons. The van der Waals surface area contributed by atoms with Crippen LogP contribution in [0, 0.1) is 0 Å². The molecule has 1 fully saturated rings. The van der Waals surface area contributed by atoms with Crippen LogP contribution in [-0.4, -0.2) is 36.5 Å². The van der Waals surface area contributed by atoms with Gasteiger partial charge >= 0.3 is 6.18 Å². The van der Waals surface area contributed by atoms with Gasteiger partial charge in [-0.25, -0.2) is 4.98 Å². The average molecular weight is 399 g/mol. The Morgan fingerprint density at radius 3 is 2.67 bits per heavy atom. The van der Waals surface area contributed by atoms with Gasteiger partial charge < -0.3 is 9.80 Å². The smallest absolute Gasteiger partial charge is 0.371 e. The molecule has 1 saturated carbocycles. The van der Waals surface area contributed by atoms with Gasteiger partial charge in [0.25, 0.3) is 0 Å². The summed E-state index contributed by atoms with van der Waals surface area (Å²) in [5, 5.41) is -0.316. The fourth-order valence-corrected chi connectivity index (χ4v) is 3.07. The van der Waals surface area contributed by atoms with E-state index < -0.39 is 11.9 Å². The average Bonchev–Trinajstić information content (AvgIpc) is 3.46. The Bertz CT molecular complexity index is 826. The van der Waals surface area contributed by atoms with Crippen molar-refractivity contribution in [3.63, 3.8) is 0 Å². The first-order valence-electron chi connectivity index (χ1n) is 8.41. The molecule has 1 aliphatic rings. The topological polar surface area (TPSA) is 49.3 Å². The number of anilines is 2. The highest BCUT2D eigenvalue weighted by Gasteiger charge is 2.33. The first kappa shape index (κ1) is 19.4. The largest absolute Gasteiger partial charge is 0.433 e. The highest BCUT2D eigenvalue weighted by atomic mass is 35.5. The second-order valence-corrected chi connectivity index (χ2v) is 6.85. The molecule has 0 spiro atoms. The van der Waals surface area contributed by atoms with Crippen LogP contribution in [0.15, 0.2) is 30.6 Å². The normalized spacial score (nSPS) is 14.1. The van der Waals surface area contributed by atoms with Gasteiger partial charge in [0.1, 0.15) is 10.8 Å². The number of alkyl halides is 3. The Morgan fingerprint density at radius 1 is 1.30 bits per heavy atom. The first-order valence-corrected chi connectivity index (χ1v) is 8.79. The highest BCUT2D eigenvalue weighted by molar-refractivity contribution is 6.29. The number of likely N-dealkylation sites (N-methyl/N-ethyl adjacent to an activating group) is 1. The molecule has 5 nitrogen and oxygen atoms in total. The van der Waals surface area contributed by atoms with Gasteiger partial charge in [0.15, 0.2) is 0 Å². The van der Waals surface area contributed by atoms with E-state index in [4.69, 9.17) is 11.6 Å². The quantitative estimate of drug-likeness (QED) is 0.520. The second kappa shape index (κ2) is 7.72. The number of rotatable bonds is 7. The third-order valence-corrected chi connectivity index (χ3v) is 4.66.